The lowest BCUT2D eigenvalue weighted by molar-refractivity contribution is 0.0491. The highest BCUT2D eigenvalue weighted by Crippen LogP contribution is 2.15. The van der Waals surface area contributed by atoms with Crippen molar-refractivity contribution in [2.24, 2.45) is 5.92 Å². The maximum absolute atomic E-state index is 3.50. The van der Waals surface area contributed by atoms with Gasteiger partial charge in [-0.25, -0.2) is 10.0 Å². The fourth-order valence-corrected chi connectivity index (χ4v) is 1.74. The van der Waals surface area contributed by atoms with Gasteiger partial charge in [-0.1, -0.05) is 13.8 Å². The Morgan fingerprint density at radius 3 is 2.62 bits per heavy atom. The van der Waals surface area contributed by atoms with Crippen LogP contribution in [0.2, 0.25) is 0 Å². The highest BCUT2D eigenvalue weighted by Gasteiger charge is 2.23. The summed E-state index contributed by atoms with van der Waals surface area (Å²) in [6.45, 7) is 8.02. The minimum absolute atomic E-state index is 0.619. The van der Waals surface area contributed by atoms with E-state index in [2.05, 4.69) is 43.3 Å². The molecule has 0 aliphatic carbocycles. The van der Waals surface area contributed by atoms with Gasteiger partial charge < -0.3 is 5.32 Å². The van der Waals surface area contributed by atoms with Crippen LogP contribution in [0.4, 0.5) is 0 Å². The van der Waals surface area contributed by atoms with Crippen LogP contribution in [0.15, 0.2) is 0 Å². The number of hydrogen-bond acceptors (Lipinski definition) is 3. The third-order valence-corrected chi connectivity index (χ3v) is 2.64. The number of hydrazine groups is 1. The Kier molecular flexibility index (Phi) is 4.16. The fraction of sp³-hybridized carbons (Fsp3) is 1.00. The highest BCUT2D eigenvalue weighted by molar-refractivity contribution is 4.75. The molecule has 3 heteroatoms. The first-order valence-electron chi connectivity index (χ1n) is 5.25. The largest absolute Gasteiger partial charge is 0.314 e. The fourth-order valence-electron chi connectivity index (χ4n) is 1.74. The summed E-state index contributed by atoms with van der Waals surface area (Å²) in [5.74, 6) is 0.838. The Morgan fingerprint density at radius 1 is 1.46 bits per heavy atom. The summed E-state index contributed by atoms with van der Waals surface area (Å²) >= 11 is 0. The van der Waals surface area contributed by atoms with E-state index in [1.165, 1.54) is 26.1 Å². The van der Waals surface area contributed by atoms with Crippen molar-refractivity contribution in [2.75, 3.05) is 33.7 Å². The average molecular weight is 185 g/mol. The third-order valence-electron chi connectivity index (χ3n) is 2.64. The summed E-state index contributed by atoms with van der Waals surface area (Å²) in [5, 5.41) is 8.11. The molecule has 1 aliphatic rings. The molecule has 0 amide bonds. The molecule has 0 radical (unpaired) electrons. The second-order valence-corrected chi connectivity index (χ2v) is 4.48. The van der Waals surface area contributed by atoms with Gasteiger partial charge in [-0.05, 0) is 18.9 Å². The predicted octanol–water partition coefficient (Wildman–Crippen LogP) is 0.783. The molecule has 0 aromatic rings. The molecule has 0 aromatic heterocycles. The summed E-state index contributed by atoms with van der Waals surface area (Å²) in [5.41, 5.74) is 0. The summed E-state index contributed by atoms with van der Waals surface area (Å²) < 4.78 is 0. The van der Waals surface area contributed by atoms with E-state index >= 15 is 0 Å². The number of nitrogens with one attached hydrogen (secondary N) is 1. The molecule has 0 aromatic carbocycles. The Balaban J connectivity index is 2.17. The molecule has 1 fully saturated rings. The van der Waals surface area contributed by atoms with E-state index in [4.69, 9.17) is 0 Å². The van der Waals surface area contributed by atoms with Crippen LogP contribution < -0.4 is 5.32 Å². The van der Waals surface area contributed by atoms with Gasteiger partial charge in [0.1, 0.15) is 0 Å². The van der Waals surface area contributed by atoms with Gasteiger partial charge in [0.2, 0.25) is 0 Å². The molecule has 1 atom stereocenters. The first-order valence-corrected chi connectivity index (χ1v) is 5.25. The van der Waals surface area contributed by atoms with Gasteiger partial charge >= 0.3 is 0 Å². The van der Waals surface area contributed by atoms with Crippen molar-refractivity contribution in [3.63, 3.8) is 0 Å². The molecule has 1 aliphatic heterocycles. The molecule has 78 valence electrons. The third kappa shape index (κ3) is 3.63. The van der Waals surface area contributed by atoms with E-state index in [0.29, 0.717) is 6.04 Å². The van der Waals surface area contributed by atoms with Crippen LogP contribution in [0.5, 0.6) is 0 Å². The standard InChI is InChI=1S/C10H23N3/c1-9(2)11-7-10-5-6-13(8-10)12(3)4/h9-11H,5-8H2,1-4H3. The molecule has 0 bridgehead atoms. The van der Waals surface area contributed by atoms with Crippen molar-refractivity contribution in [1.29, 1.82) is 0 Å². The first kappa shape index (κ1) is 11.0. The van der Waals surface area contributed by atoms with Crippen LogP contribution in [0.3, 0.4) is 0 Å². The van der Waals surface area contributed by atoms with Crippen molar-refractivity contribution in [3.8, 4) is 0 Å². The van der Waals surface area contributed by atoms with Crippen molar-refractivity contribution >= 4 is 0 Å². The van der Waals surface area contributed by atoms with E-state index in [0.717, 1.165) is 5.92 Å². The SMILES string of the molecule is CC(C)NCC1CCN(N(C)C)C1. The van der Waals surface area contributed by atoms with E-state index in [9.17, 15) is 0 Å². The molecule has 0 saturated carbocycles. The van der Waals surface area contributed by atoms with Crippen LogP contribution in [0.1, 0.15) is 20.3 Å². The second kappa shape index (κ2) is 4.94. The molecular weight excluding hydrogens is 162 g/mol. The lowest BCUT2D eigenvalue weighted by Crippen LogP contribution is -2.36. The maximum Gasteiger partial charge on any atom is 0.0174 e. The monoisotopic (exact) mass is 185 g/mol. The van der Waals surface area contributed by atoms with Crippen molar-refractivity contribution in [2.45, 2.75) is 26.3 Å². The van der Waals surface area contributed by atoms with E-state index in [1.54, 1.807) is 0 Å². The summed E-state index contributed by atoms with van der Waals surface area (Å²) in [6.07, 6.45) is 1.33. The summed E-state index contributed by atoms with van der Waals surface area (Å²) in [7, 11) is 4.25. The van der Waals surface area contributed by atoms with E-state index in [1.807, 2.05) is 0 Å². The van der Waals surface area contributed by atoms with Gasteiger partial charge in [0.15, 0.2) is 0 Å². The molecule has 1 rings (SSSR count). The first-order chi connectivity index (χ1) is 6.09. The maximum atomic E-state index is 3.50. The molecule has 1 unspecified atom stereocenters. The molecule has 1 saturated heterocycles. The van der Waals surface area contributed by atoms with Crippen molar-refractivity contribution < 1.29 is 0 Å². The predicted molar refractivity (Wildman–Crippen MR) is 56.5 cm³/mol. The highest BCUT2D eigenvalue weighted by atomic mass is 15.6. The normalized spacial score (nSPS) is 24.9. The topological polar surface area (TPSA) is 18.5 Å². The van der Waals surface area contributed by atoms with Gasteiger partial charge in [0.25, 0.3) is 0 Å². The zero-order chi connectivity index (χ0) is 9.84. The molecule has 13 heavy (non-hydrogen) atoms. The Bertz CT molecular complexity index is 145. The molecule has 1 N–H and O–H groups in total. The summed E-state index contributed by atoms with van der Waals surface area (Å²) in [4.78, 5) is 0. The quantitative estimate of drug-likeness (QED) is 0.698. The molecular formula is C10H23N3. The average Bonchev–Trinajstić information content (AvgIpc) is 2.48. The molecule has 3 nitrogen and oxygen atoms in total. The molecule has 0 spiro atoms. The Morgan fingerprint density at radius 2 is 2.15 bits per heavy atom. The van der Waals surface area contributed by atoms with Crippen LogP contribution in [0.25, 0.3) is 0 Å². The second-order valence-electron chi connectivity index (χ2n) is 4.48. The van der Waals surface area contributed by atoms with Gasteiger partial charge in [0, 0.05) is 33.2 Å². The van der Waals surface area contributed by atoms with Crippen LogP contribution in [-0.2, 0) is 0 Å². The van der Waals surface area contributed by atoms with E-state index < -0.39 is 0 Å². The Labute approximate surface area is 82.1 Å². The number of hydrogen-bond donors (Lipinski definition) is 1. The van der Waals surface area contributed by atoms with Crippen LogP contribution in [-0.4, -0.2) is 49.8 Å². The van der Waals surface area contributed by atoms with Crippen LogP contribution in [0, 0.1) is 5.92 Å². The van der Waals surface area contributed by atoms with Gasteiger partial charge in [-0.3, -0.25) is 0 Å². The van der Waals surface area contributed by atoms with E-state index in [-0.39, 0.29) is 0 Å². The Hall–Kier alpha value is -0.120. The summed E-state index contributed by atoms with van der Waals surface area (Å²) in [6, 6.07) is 0.619. The van der Waals surface area contributed by atoms with Crippen molar-refractivity contribution in [3.05, 3.63) is 0 Å². The smallest absolute Gasteiger partial charge is 0.0174 e. The minimum Gasteiger partial charge on any atom is -0.314 e. The minimum atomic E-state index is 0.619. The number of nitrogens with zero attached hydrogens (tertiary/aromatic N) is 2. The zero-order valence-electron chi connectivity index (χ0n) is 9.38. The lowest BCUT2D eigenvalue weighted by Gasteiger charge is -2.23. The van der Waals surface area contributed by atoms with Gasteiger partial charge in [-0.2, -0.15) is 0 Å². The number of rotatable bonds is 4. The zero-order valence-corrected chi connectivity index (χ0v) is 9.38. The van der Waals surface area contributed by atoms with Crippen LogP contribution >= 0.6 is 0 Å². The van der Waals surface area contributed by atoms with Crippen molar-refractivity contribution in [1.82, 2.24) is 15.3 Å². The lowest BCUT2D eigenvalue weighted by atomic mass is 10.1. The van der Waals surface area contributed by atoms with Gasteiger partial charge in [-0.15, -0.1) is 0 Å². The van der Waals surface area contributed by atoms with Gasteiger partial charge in [0.05, 0.1) is 0 Å². The molecule has 1 heterocycles.